The highest BCUT2D eigenvalue weighted by atomic mass is 79.9. The first-order chi connectivity index (χ1) is 12.3. The van der Waals surface area contributed by atoms with Crippen LogP contribution in [0.1, 0.15) is 55.3 Å². The number of hydrogen-bond acceptors (Lipinski definition) is 4. The van der Waals surface area contributed by atoms with Crippen molar-refractivity contribution in [1.82, 2.24) is 0 Å². The van der Waals surface area contributed by atoms with Gasteiger partial charge in [-0.1, -0.05) is 56.1 Å². The highest BCUT2D eigenvalue weighted by molar-refractivity contribution is 9.09. The molecule has 0 N–H and O–H groups in total. The van der Waals surface area contributed by atoms with Crippen LogP contribution in [0.2, 0.25) is 0 Å². The summed E-state index contributed by atoms with van der Waals surface area (Å²) in [6.45, 7) is 3.94. The van der Waals surface area contributed by atoms with E-state index in [-0.39, 0.29) is 9.65 Å². The van der Waals surface area contributed by atoms with Gasteiger partial charge >= 0.3 is 11.9 Å². The van der Waals surface area contributed by atoms with E-state index in [0.29, 0.717) is 22.3 Å². The van der Waals surface area contributed by atoms with Crippen molar-refractivity contribution in [2.24, 2.45) is 0 Å². The van der Waals surface area contributed by atoms with Crippen LogP contribution < -0.4 is 0 Å². The van der Waals surface area contributed by atoms with Crippen molar-refractivity contribution in [2.45, 2.75) is 23.5 Å². The Kier molecular flexibility index (Phi) is 7.01. The summed E-state index contributed by atoms with van der Waals surface area (Å²) in [4.78, 5) is 24.8. The first-order valence-corrected chi connectivity index (χ1v) is 9.87. The van der Waals surface area contributed by atoms with E-state index >= 15 is 0 Å². The van der Waals surface area contributed by atoms with E-state index in [9.17, 15) is 9.59 Å². The lowest BCUT2D eigenvalue weighted by Gasteiger charge is -2.21. The van der Waals surface area contributed by atoms with Crippen LogP contribution in [0.4, 0.5) is 0 Å². The third kappa shape index (κ3) is 4.01. The highest BCUT2D eigenvalue weighted by Gasteiger charge is 2.26. The van der Waals surface area contributed by atoms with Crippen molar-refractivity contribution in [3.63, 3.8) is 0 Å². The number of ether oxygens (including phenoxy) is 2. The fourth-order valence-electron chi connectivity index (χ4n) is 2.92. The average molecular weight is 484 g/mol. The van der Waals surface area contributed by atoms with Gasteiger partial charge in [-0.3, -0.25) is 0 Å². The molecule has 26 heavy (non-hydrogen) atoms. The molecule has 138 valence electrons. The van der Waals surface area contributed by atoms with Gasteiger partial charge in [-0.25, -0.2) is 9.59 Å². The maximum absolute atomic E-state index is 12.4. The van der Waals surface area contributed by atoms with E-state index in [0.717, 1.165) is 11.1 Å². The Morgan fingerprint density at radius 2 is 1.12 bits per heavy atom. The molecule has 2 aromatic rings. The second-order valence-corrected chi connectivity index (χ2v) is 8.50. The normalized spacial score (nSPS) is 13.0. The molecule has 0 aliphatic rings. The summed E-state index contributed by atoms with van der Waals surface area (Å²) in [7, 11) is 2.69. The van der Waals surface area contributed by atoms with Gasteiger partial charge in [0, 0.05) is 20.8 Å². The van der Waals surface area contributed by atoms with Crippen LogP contribution in [0.15, 0.2) is 36.4 Å². The molecular formula is C20H20Br2O4. The van der Waals surface area contributed by atoms with Crippen molar-refractivity contribution in [1.29, 1.82) is 0 Å². The van der Waals surface area contributed by atoms with Crippen molar-refractivity contribution in [3.05, 3.63) is 58.7 Å². The van der Waals surface area contributed by atoms with E-state index in [1.807, 2.05) is 26.0 Å². The lowest BCUT2D eigenvalue weighted by atomic mass is 9.86. The van der Waals surface area contributed by atoms with E-state index in [4.69, 9.17) is 9.47 Å². The van der Waals surface area contributed by atoms with Gasteiger partial charge in [0.2, 0.25) is 0 Å². The summed E-state index contributed by atoms with van der Waals surface area (Å²) in [5.41, 5.74) is 3.93. The monoisotopic (exact) mass is 482 g/mol. The zero-order valence-corrected chi connectivity index (χ0v) is 18.2. The summed E-state index contributed by atoms with van der Waals surface area (Å²) < 4.78 is 9.96. The Labute approximate surface area is 170 Å². The molecule has 4 nitrogen and oxygen atoms in total. The van der Waals surface area contributed by atoms with Gasteiger partial charge in [0.1, 0.15) is 0 Å². The Morgan fingerprint density at radius 3 is 1.38 bits per heavy atom. The first kappa shape index (κ1) is 20.6. The van der Waals surface area contributed by atoms with Gasteiger partial charge in [-0.2, -0.15) is 0 Å². The molecule has 0 heterocycles. The summed E-state index contributed by atoms with van der Waals surface area (Å²) in [5, 5.41) is 0. The number of halogens is 2. The number of carbonyl (C=O) groups excluding carboxylic acids is 2. The highest BCUT2D eigenvalue weighted by Crippen LogP contribution is 2.42. The number of esters is 2. The number of carbonyl (C=O) groups is 2. The molecule has 0 radical (unpaired) electrons. The lowest BCUT2D eigenvalue weighted by molar-refractivity contribution is 0.0590. The summed E-state index contributed by atoms with van der Waals surface area (Å²) in [6, 6.07) is 10.9. The van der Waals surface area contributed by atoms with Crippen LogP contribution >= 0.6 is 31.9 Å². The van der Waals surface area contributed by atoms with Crippen LogP contribution in [0.5, 0.6) is 0 Å². The molecule has 2 rings (SSSR count). The van der Waals surface area contributed by atoms with Gasteiger partial charge < -0.3 is 9.47 Å². The van der Waals surface area contributed by atoms with Crippen molar-refractivity contribution >= 4 is 43.8 Å². The third-order valence-electron chi connectivity index (χ3n) is 4.11. The molecule has 2 atom stereocenters. The maximum atomic E-state index is 12.4. The summed E-state index contributed by atoms with van der Waals surface area (Å²) >= 11 is 7.19. The van der Waals surface area contributed by atoms with Crippen LogP contribution in [-0.4, -0.2) is 26.2 Å². The Hall–Kier alpha value is -1.66. The third-order valence-corrected chi connectivity index (χ3v) is 5.10. The fraction of sp³-hybridized carbons (Fsp3) is 0.300. The molecule has 2 aromatic carbocycles. The standard InChI is InChI=1S/C20H20Br2O4/c1-11(21)13-7-5-9-15(19(23)25-3)17(13)18-14(12(2)22)8-6-10-16(18)20(24)26-4/h5-12H,1-4H3/t11-,12-/m0/s1. The molecule has 0 saturated heterocycles. The smallest absolute Gasteiger partial charge is 0.338 e. The molecule has 0 aliphatic carbocycles. The lowest BCUT2D eigenvalue weighted by Crippen LogP contribution is -2.11. The summed E-state index contributed by atoms with van der Waals surface area (Å²) in [6.07, 6.45) is 0. The van der Waals surface area contributed by atoms with E-state index in [1.165, 1.54) is 14.2 Å². The topological polar surface area (TPSA) is 52.6 Å². The Balaban J connectivity index is 2.99. The van der Waals surface area contributed by atoms with Gasteiger partial charge in [-0.05, 0) is 37.1 Å². The van der Waals surface area contributed by atoms with Gasteiger partial charge in [-0.15, -0.1) is 0 Å². The van der Waals surface area contributed by atoms with Crippen LogP contribution in [0.3, 0.4) is 0 Å². The molecule has 0 bridgehead atoms. The number of benzene rings is 2. The molecule has 0 spiro atoms. The second-order valence-electron chi connectivity index (χ2n) is 5.75. The minimum Gasteiger partial charge on any atom is -0.465 e. The molecule has 0 saturated carbocycles. The van der Waals surface area contributed by atoms with Crippen molar-refractivity contribution in [2.75, 3.05) is 14.2 Å². The largest absolute Gasteiger partial charge is 0.465 e. The van der Waals surface area contributed by atoms with Gasteiger partial charge in [0.25, 0.3) is 0 Å². The molecule has 6 heteroatoms. The van der Waals surface area contributed by atoms with Crippen LogP contribution in [0, 0.1) is 0 Å². The molecule has 0 fully saturated rings. The predicted octanol–water partition coefficient (Wildman–Crippen LogP) is 5.84. The van der Waals surface area contributed by atoms with Crippen LogP contribution in [0.25, 0.3) is 11.1 Å². The Morgan fingerprint density at radius 1 is 0.769 bits per heavy atom. The number of alkyl halides is 2. The zero-order chi connectivity index (χ0) is 19.4. The second kappa shape index (κ2) is 8.82. The SMILES string of the molecule is COC(=O)c1cccc([C@H](C)Br)c1-c1c(C(=O)OC)cccc1[C@H](C)Br. The van der Waals surface area contributed by atoms with E-state index < -0.39 is 11.9 Å². The Bertz CT molecular complexity index is 759. The molecular weight excluding hydrogens is 464 g/mol. The summed E-state index contributed by atoms with van der Waals surface area (Å²) in [5.74, 6) is -0.911. The average Bonchev–Trinajstić information content (AvgIpc) is 2.65. The molecule has 0 aromatic heterocycles. The number of rotatable bonds is 5. The first-order valence-electron chi connectivity index (χ1n) is 8.04. The van der Waals surface area contributed by atoms with Crippen molar-refractivity contribution in [3.8, 4) is 11.1 Å². The zero-order valence-electron chi connectivity index (χ0n) is 15.0. The predicted molar refractivity (Wildman–Crippen MR) is 109 cm³/mol. The minimum absolute atomic E-state index is 0.0358. The fourth-order valence-corrected chi connectivity index (χ4v) is 3.68. The van der Waals surface area contributed by atoms with Gasteiger partial charge in [0.15, 0.2) is 0 Å². The van der Waals surface area contributed by atoms with Crippen LogP contribution in [-0.2, 0) is 9.47 Å². The molecule has 0 unspecified atom stereocenters. The maximum Gasteiger partial charge on any atom is 0.338 e. The van der Waals surface area contributed by atoms with Gasteiger partial charge in [0.05, 0.1) is 25.3 Å². The quantitative estimate of drug-likeness (QED) is 0.396. The molecule has 0 aliphatic heterocycles. The molecule has 0 amide bonds. The number of methoxy groups -OCH3 is 2. The van der Waals surface area contributed by atoms with Crippen molar-refractivity contribution < 1.29 is 19.1 Å². The number of hydrogen-bond donors (Lipinski definition) is 0. The minimum atomic E-state index is -0.456. The van der Waals surface area contributed by atoms with E-state index in [2.05, 4.69) is 31.9 Å². The van der Waals surface area contributed by atoms with E-state index in [1.54, 1.807) is 24.3 Å².